The molecule has 0 radical (unpaired) electrons. The molecule has 1 aromatic heterocycles. The van der Waals surface area contributed by atoms with Gasteiger partial charge in [0.05, 0.1) is 13.2 Å². The molecule has 0 saturated carbocycles. The van der Waals surface area contributed by atoms with Gasteiger partial charge in [0.1, 0.15) is 0 Å². The molecule has 5 heteroatoms. The molecule has 0 aliphatic rings. The lowest BCUT2D eigenvalue weighted by molar-refractivity contribution is 0.0711. The second-order valence-corrected chi connectivity index (χ2v) is 5.91. The Kier molecular flexibility index (Phi) is 7.30. The van der Waals surface area contributed by atoms with Gasteiger partial charge < -0.3 is 9.47 Å². The van der Waals surface area contributed by atoms with Crippen LogP contribution in [0.3, 0.4) is 0 Å². The van der Waals surface area contributed by atoms with Crippen LogP contribution in [-0.2, 0) is 16.0 Å². The topological polar surface area (TPSA) is 21.7 Å². The van der Waals surface area contributed by atoms with Gasteiger partial charge in [-0.1, -0.05) is 0 Å². The van der Waals surface area contributed by atoms with Crippen molar-refractivity contribution in [2.75, 3.05) is 34.0 Å². The number of ether oxygens (including phenoxy) is 2. The van der Waals surface area contributed by atoms with Crippen LogP contribution in [0.4, 0.5) is 0 Å². The van der Waals surface area contributed by atoms with E-state index < -0.39 is 0 Å². The summed E-state index contributed by atoms with van der Waals surface area (Å²) in [6.07, 6.45) is 0. The molecule has 0 amide bonds. The SMILES string of the molecule is COCCN(Cc1cc(Br)cs1)C(C)COC. The zero-order chi connectivity index (χ0) is 12.7. The van der Waals surface area contributed by atoms with Crippen LogP contribution in [0.5, 0.6) is 0 Å². The molecule has 1 atom stereocenters. The maximum atomic E-state index is 5.22. The van der Waals surface area contributed by atoms with Crippen LogP contribution >= 0.6 is 27.3 Å². The lowest BCUT2D eigenvalue weighted by Gasteiger charge is -2.27. The Morgan fingerprint density at radius 3 is 2.71 bits per heavy atom. The van der Waals surface area contributed by atoms with Crippen LogP contribution in [-0.4, -0.2) is 44.9 Å². The fourth-order valence-corrected chi connectivity index (χ4v) is 3.12. The minimum atomic E-state index is 0.399. The largest absolute Gasteiger partial charge is 0.383 e. The van der Waals surface area contributed by atoms with Gasteiger partial charge in [0.2, 0.25) is 0 Å². The summed E-state index contributed by atoms with van der Waals surface area (Å²) in [4.78, 5) is 3.74. The number of thiophene rings is 1. The summed E-state index contributed by atoms with van der Waals surface area (Å²) in [5.74, 6) is 0. The van der Waals surface area contributed by atoms with Gasteiger partial charge in [-0.15, -0.1) is 11.3 Å². The van der Waals surface area contributed by atoms with E-state index in [1.165, 1.54) is 4.88 Å². The summed E-state index contributed by atoms with van der Waals surface area (Å²) in [5.41, 5.74) is 0. The highest BCUT2D eigenvalue weighted by Crippen LogP contribution is 2.21. The van der Waals surface area contributed by atoms with Crippen LogP contribution in [0, 0.1) is 0 Å². The summed E-state index contributed by atoms with van der Waals surface area (Å²) in [6.45, 7) is 5.55. The summed E-state index contributed by atoms with van der Waals surface area (Å²) in [7, 11) is 3.48. The third-order valence-corrected chi connectivity index (χ3v) is 4.28. The van der Waals surface area contributed by atoms with Gasteiger partial charge in [-0.05, 0) is 28.9 Å². The zero-order valence-electron chi connectivity index (χ0n) is 10.6. The van der Waals surface area contributed by atoms with Gasteiger partial charge in [0, 0.05) is 48.1 Å². The first kappa shape index (κ1) is 15.1. The Morgan fingerprint density at radius 1 is 1.41 bits per heavy atom. The lowest BCUT2D eigenvalue weighted by Crippen LogP contribution is -2.37. The highest BCUT2D eigenvalue weighted by atomic mass is 79.9. The van der Waals surface area contributed by atoms with Crippen LogP contribution in [0.1, 0.15) is 11.8 Å². The van der Waals surface area contributed by atoms with E-state index in [0.717, 1.165) is 30.8 Å². The number of hydrogen-bond acceptors (Lipinski definition) is 4. The van der Waals surface area contributed by atoms with Crippen molar-refractivity contribution in [2.24, 2.45) is 0 Å². The van der Waals surface area contributed by atoms with Gasteiger partial charge >= 0.3 is 0 Å². The molecule has 1 rings (SSSR count). The molecule has 0 saturated heterocycles. The van der Waals surface area contributed by atoms with E-state index in [4.69, 9.17) is 9.47 Å². The minimum Gasteiger partial charge on any atom is -0.383 e. The number of rotatable bonds is 8. The van der Waals surface area contributed by atoms with Crippen molar-refractivity contribution < 1.29 is 9.47 Å². The molecular weight excluding hydrogens is 302 g/mol. The van der Waals surface area contributed by atoms with Crippen LogP contribution in [0.2, 0.25) is 0 Å². The third-order valence-electron chi connectivity index (χ3n) is 2.59. The highest BCUT2D eigenvalue weighted by molar-refractivity contribution is 9.10. The first-order chi connectivity index (χ1) is 8.17. The molecule has 0 bridgehead atoms. The Balaban J connectivity index is 2.55. The van der Waals surface area contributed by atoms with Crippen LogP contribution in [0.15, 0.2) is 15.9 Å². The van der Waals surface area contributed by atoms with Crippen molar-refractivity contribution >= 4 is 27.3 Å². The standard InChI is InChI=1S/C12H20BrNO2S/c1-10(8-16-3)14(4-5-15-2)7-12-6-11(13)9-17-12/h6,9-10H,4-5,7-8H2,1-3H3. The molecule has 1 heterocycles. The van der Waals surface area contributed by atoms with Crippen molar-refractivity contribution in [3.8, 4) is 0 Å². The molecule has 0 aliphatic carbocycles. The van der Waals surface area contributed by atoms with E-state index >= 15 is 0 Å². The highest BCUT2D eigenvalue weighted by Gasteiger charge is 2.14. The second-order valence-electron chi connectivity index (χ2n) is 4.00. The third kappa shape index (κ3) is 5.48. The quantitative estimate of drug-likeness (QED) is 0.734. The van der Waals surface area contributed by atoms with E-state index in [0.29, 0.717) is 6.04 Å². The van der Waals surface area contributed by atoms with E-state index in [1.54, 1.807) is 25.6 Å². The monoisotopic (exact) mass is 321 g/mol. The van der Waals surface area contributed by atoms with Crippen molar-refractivity contribution in [3.05, 3.63) is 20.8 Å². The van der Waals surface area contributed by atoms with Crippen molar-refractivity contribution in [2.45, 2.75) is 19.5 Å². The minimum absolute atomic E-state index is 0.399. The second kappa shape index (κ2) is 8.21. The zero-order valence-corrected chi connectivity index (χ0v) is 13.0. The predicted octanol–water partition coefficient (Wildman–Crippen LogP) is 2.99. The smallest absolute Gasteiger partial charge is 0.0615 e. The normalized spacial score (nSPS) is 13.2. The summed E-state index contributed by atoms with van der Waals surface area (Å²) >= 11 is 5.26. The van der Waals surface area contributed by atoms with Crippen molar-refractivity contribution in [1.82, 2.24) is 4.90 Å². The summed E-state index contributed by atoms with van der Waals surface area (Å²) < 4.78 is 11.5. The molecule has 0 spiro atoms. The maximum Gasteiger partial charge on any atom is 0.0615 e. The van der Waals surface area contributed by atoms with E-state index in [2.05, 4.69) is 39.2 Å². The Bertz CT molecular complexity index is 319. The Labute approximate surface area is 116 Å². The molecule has 3 nitrogen and oxygen atoms in total. The molecule has 1 unspecified atom stereocenters. The van der Waals surface area contributed by atoms with Crippen LogP contribution in [0.25, 0.3) is 0 Å². The van der Waals surface area contributed by atoms with Crippen LogP contribution < -0.4 is 0 Å². The first-order valence-electron chi connectivity index (χ1n) is 5.62. The first-order valence-corrected chi connectivity index (χ1v) is 7.29. The fraction of sp³-hybridized carbons (Fsp3) is 0.667. The number of hydrogen-bond donors (Lipinski definition) is 0. The van der Waals surface area contributed by atoms with Gasteiger partial charge in [0.25, 0.3) is 0 Å². The predicted molar refractivity (Wildman–Crippen MR) is 75.6 cm³/mol. The summed E-state index contributed by atoms with van der Waals surface area (Å²) in [5, 5.41) is 2.12. The maximum absolute atomic E-state index is 5.22. The molecule has 98 valence electrons. The van der Waals surface area contributed by atoms with E-state index in [9.17, 15) is 0 Å². The molecule has 0 fully saturated rings. The molecule has 1 aromatic rings. The fourth-order valence-electron chi connectivity index (χ4n) is 1.65. The van der Waals surface area contributed by atoms with E-state index in [1.807, 2.05) is 0 Å². The average molecular weight is 322 g/mol. The molecular formula is C12H20BrNO2S. The number of halogens is 1. The molecule has 0 N–H and O–H groups in total. The van der Waals surface area contributed by atoms with Crippen molar-refractivity contribution in [1.29, 1.82) is 0 Å². The Hall–Kier alpha value is 0.0600. The number of nitrogens with zero attached hydrogens (tertiary/aromatic N) is 1. The molecule has 0 aliphatic heterocycles. The number of methoxy groups -OCH3 is 2. The van der Waals surface area contributed by atoms with Gasteiger partial charge in [-0.3, -0.25) is 4.90 Å². The van der Waals surface area contributed by atoms with Gasteiger partial charge in [0.15, 0.2) is 0 Å². The van der Waals surface area contributed by atoms with Gasteiger partial charge in [-0.2, -0.15) is 0 Å². The molecule has 0 aromatic carbocycles. The Morgan fingerprint density at radius 2 is 2.18 bits per heavy atom. The molecule has 17 heavy (non-hydrogen) atoms. The summed E-state index contributed by atoms with van der Waals surface area (Å²) in [6, 6.07) is 2.57. The van der Waals surface area contributed by atoms with Crippen molar-refractivity contribution in [3.63, 3.8) is 0 Å². The average Bonchev–Trinajstić information content (AvgIpc) is 2.70. The van der Waals surface area contributed by atoms with E-state index in [-0.39, 0.29) is 0 Å². The lowest BCUT2D eigenvalue weighted by atomic mass is 10.3. The van der Waals surface area contributed by atoms with Gasteiger partial charge in [-0.25, -0.2) is 0 Å².